The molecule has 0 bridgehead atoms. The molecular formula is C29H23N3O8. The van der Waals surface area contributed by atoms with Crippen molar-refractivity contribution in [3.8, 4) is 5.75 Å². The molecule has 5 rings (SSSR count). The Balaban J connectivity index is 1.37. The summed E-state index contributed by atoms with van der Waals surface area (Å²) in [6.07, 6.45) is -0.278. The molecule has 2 aromatic heterocycles. The minimum atomic E-state index is -2.52. The smallest absolute Gasteiger partial charge is 0.321 e. The SMILES string of the molecule is O=C(CC(CCn1nnc2ccccc2c1=O)(C(=O)O)C(=O)O)c1coc2cc(OCc3ccccc3)ccc12. The molecule has 0 saturated carbocycles. The highest BCUT2D eigenvalue weighted by Crippen LogP contribution is 2.33. The number of carboxylic acid groups (broad SMARTS) is 2. The maximum atomic E-state index is 13.3. The van der Waals surface area contributed by atoms with Gasteiger partial charge in [0.1, 0.15) is 29.7 Å². The lowest BCUT2D eigenvalue weighted by molar-refractivity contribution is -0.165. The molecule has 0 spiro atoms. The van der Waals surface area contributed by atoms with Crippen LogP contribution in [0.2, 0.25) is 0 Å². The Labute approximate surface area is 226 Å². The van der Waals surface area contributed by atoms with Gasteiger partial charge in [-0.2, -0.15) is 0 Å². The van der Waals surface area contributed by atoms with Gasteiger partial charge in [-0.3, -0.25) is 19.2 Å². The van der Waals surface area contributed by atoms with E-state index in [2.05, 4.69) is 10.3 Å². The number of hydrogen-bond acceptors (Lipinski definition) is 8. The molecule has 40 heavy (non-hydrogen) atoms. The second-order valence-corrected chi connectivity index (χ2v) is 9.26. The zero-order valence-electron chi connectivity index (χ0n) is 21.0. The zero-order chi connectivity index (χ0) is 28.3. The van der Waals surface area contributed by atoms with E-state index in [0.717, 1.165) is 10.2 Å². The van der Waals surface area contributed by atoms with E-state index >= 15 is 0 Å². The maximum Gasteiger partial charge on any atom is 0.321 e. The van der Waals surface area contributed by atoms with Crippen LogP contribution in [0.25, 0.3) is 21.9 Å². The van der Waals surface area contributed by atoms with Crippen molar-refractivity contribution in [3.63, 3.8) is 0 Å². The standard InChI is InChI=1S/C29H23N3O8/c33-24(22-17-40-25-14-19(10-11-20(22)25)39-16-18-6-2-1-3-7-18)15-29(27(35)36,28(37)38)12-13-32-26(34)21-8-4-5-9-23(21)30-31-32/h1-11,14,17H,12-13,15-16H2,(H,35,36)(H,37,38). The van der Waals surface area contributed by atoms with E-state index in [0.29, 0.717) is 28.8 Å². The molecule has 11 heteroatoms. The van der Waals surface area contributed by atoms with Gasteiger partial charge in [-0.1, -0.05) is 47.7 Å². The van der Waals surface area contributed by atoms with E-state index in [1.807, 2.05) is 30.3 Å². The molecule has 0 aliphatic rings. The number of carbonyl (C=O) groups is 3. The van der Waals surface area contributed by atoms with Gasteiger partial charge in [0.15, 0.2) is 11.2 Å². The first-order chi connectivity index (χ1) is 19.3. The predicted octanol–water partition coefficient (Wildman–Crippen LogP) is 3.94. The van der Waals surface area contributed by atoms with Gasteiger partial charge >= 0.3 is 11.9 Å². The molecule has 3 aromatic carbocycles. The van der Waals surface area contributed by atoms with E-state index < -0.39 is 41.5 Å². The summed E-state index contributed by atoms with van der Waals surface area (Å²) in [5.41, 5.74) is -1.39. The van der Waals surface area contributed by atoms with Crippen molar-refractivity contribution in [1.29, 1.82) is 0 Å². The molecule has 2 N–H and O–H groups in total. The summed E-state index contributed by atoms with van der Waals surface area (Å²) in [5.74, 6) is -3.66. The summed E-state index contributed by atoms with van der Waals surface area (Å²) in [6, 6.07) is 20.8. The van der Waals surface area contributed by atoms with Gasteiger partial charge in [-0.15, -0.1) is 5.10 Å². The summed E-state index contributed by atoms with van der Waals surface area (Å²) in [4.78, 5) is 50.6. The first kappa shape index (κ1) is 26.3. The fourth-order valence-corrected chi connectivity index (χ4v) is 4.44. The van der Waals surface area contributed by atoms with Crippen molar-refractivity contribution in [3.05, 3.63) is 101 Å². The number of fused-ring (bicyclic) bond motifs is 2. The zero-order valence-corrected chi connectivity index (χ0v) is 21.0. The van der Waals surface area contributed by atoms with Crippen LogP contribution in [0.1, 0.15) is 28.8 Å². The fraction of sp³-hybridized carbons (Fsp3) is 0.172. The third-order valence-electron chi connectivity index (χ3n) is 6.76. The molecule has 11 nitrogen and oxygen atoms in total. The highest BCUT2D eigenvalue weighted by Gasteiger charge is 2.48. The molecule has 2 heterocycles. The van der Waals surface area contributed by atoms with Crippen molar-refractivity contribution in [1.82, 2.24) is 15.0 Å². The second-order valence-electron chi connectivity index (χ2n) is 9.26. The largest absolute Gasteiger partial charge is 0.489 e. The molecule has 0 aliphatic heterocycles. The van der Waals surface area contributed by atoms with E-state index in [1.165, 1.54) is 12.3 Å². The van der Waals surface area contributed by atoms with Gasteiger partial charge in [-0.25, -0.2) is 4.68 Å². The summed E-state index contributed by atoms with van der Waals surface area (Å²) in [7, 11) is 0. The number of Topliss-reactive ketones (excluding diaryl/α,β-unsaturated/α-hetero) is 1. The molecule has 0 aliphatic carbocycles. The Bertz CT molecular complexity index is 1780. The summed E-state index contributed by atoms with van der Waals surface area (Å²) in [6.45, 7) is -0.0555. The monoisotopic (exact) mass is 541 g/mol. The molecular weight excluding hydrogens is 518 g/mol. The molecule has 0 fully saturated rings. The van der Waals surface area contributed by atoms with Crippen molar-refractivity contribution >= 4 is 39.6 Å². The van der Waals surface area contributed by atoms with E-state index in [4.69, 9.17) is 9.15 Å². The fourth-order valence-electron chi connectivity index (χ4n) is 4.44. The lowest BCUT2D eigenvalue weighted by Gasteiger charge is -2.24. The molecule has 0 unspecified atom stereocenters. The second kappa shape index (κ2) is 10.8. The van der Waals surface area contributed by atoms with Crippen LogP contribution in [0.5, 0.6) is 5.75 Å². The summed E-state index contributed by atoms with van der Waals surface area (Å²) < 4.78 is 12.2. The number of furan rings is 1. The van der Waals surface area contributed by atoms with Crippen LogP contribution in [0.3, 0.4) is 0 Å². The van der Waals surface area contributed by atoms with Crippen LogP contribution in [0.15, 0.2) is 88.3 Å². The van der Waals surface area contributed by atoms with Gasteiger partial charge in [0, 0.05) is 24.4 Å². The van der Waals surface area contributed by atoms with Crippen LogP contribution >= 0.6 is 0 Å². The molecule has 0 saturated heterocycles. The lowest BCUT2D eigenvalue weighted by atomic mass is 9.78. The number of aryl methyl sites for hydroxylation is 1. The van der Waals surface area contributed by atoms with Gasteiger partial charge in [0.25, 0.3) is 5.56 Å². The van der Waals surface area contributed by atoms with Crippen LogP contribution < -0.4 is 10.3 Å². The van der Waals surface area contributed by atoms with Crippen molar-refractivity contribution < 1.29 is 33.8 Å². The Hall–Kier alpha value is -5.32. The number of carboxylic acids is 2. The number of benzene rings is 3. The summed E-state index contributed by atoms with van der Waals surface area (Å²) >= 11 is 0. The van der Waals surface area contributed by atoms with Gasteiger partial charge in [0.05, 0.1) is 10.9 Å². The van der Waals surface area contributed by atoms with Gasteiger partial charge in [-0.05, 0) is 36.2 Å². The highest BCUT2D eigenvalue weighted by atomic mass is 16.5. The van der Waals surface area contributed by atoms with E-state index in [9.17, 15) is 29.4 Å². The van der Waals surface area contributed by atoms with Gasteiger partial charge < -0.3 is 19.4 Å². The average Bonchev–Trinajstić information content (AvgIpc) is 3.39. The number of ether oxygens (including phenoxy) is 1. The molecule has 202 valence electrons. The Kier molecular flexibility index (Phi) is 7.11. The van der Waals surface area contributed by atoms with Gasteiger partial charge in [0.2, 0.25) is 0 Å². The molecule has 0 atom stereocenters. The minimum Gasteiger partial charge on any atom is -0.489 e. The van der Waals surface area contributed by atoms with E-state index in [-0.39, 0.29) is 17.5 Å². The van der Waals surface area contributed by atoms with Crippen molar-refractivity contribution in [2.24, 2.45) is 5.41 Å². The predicted molar refractivity (Wildman–Crippen MR) is 142 cm³/mol. The number of rotatable bonds is 11. The van der Waals surface area contributed by atoms with Crippen molar-refractivity contribution in [2.75, 3.05) is 0 Å². The molecule has 0 radical (unpaired) electrons. The highest BCUT2D eigenvalue weighted by molar-refractivity contribution is 6.11. The average molecular weight is 542 g/mol. The minimum absolute atomic E-state index is 0.0409. The quantitative estimate of drug-likeness (QED) is 0.185. The van der Waals surface area contributed by atoms with Crippen molar-refractivity contribution in [2.45, 2.75) is 26.0 Å². The van der Waals surface area contributed by atoms with Crippen LogP contribution in [0, 0.1) is 5.41 Å². The van der Waals surface area contributed by atoms with Crippen LogP contribution in [-0.2, 0) is 22.7 Å². The number of aromatic nitrogens is 3. The first-order valence-electron chi connectivity index (χ1n) is 12.3. The number of ketones is 1. The van der Waals surface area contributed by atoms with Crippen LogP contribution in [-0.4, -0.2) is 42.9 Å². The molecule has 5 aromatic rings. The third kappa shape index (κ3) is 5.04. The maximum absolute atomic E-state index is 13.3. The van der Waals surface area contributed by atoms with E-state index in [1.54, 1.807) is 36.4 Å². The lowest BCUT2D eigenvalue weighted by Crippen LogP contribution is -2.43. The summed E-state index contributed by atoms with van der Waals surface area (Å²) in [5, 5.41) is 28.3. The Morgan fingerprint density at radius 1 is 0.925 bits per heavy atom. The third-order valence-corrected chi connectivity index (χ3v) is 6.76. The molecule has 0 amide bonds. The number of carbonyl (C=O) groups excluding carboxylic acids is 1. The topological polar surface area (TPSA) is 162 Å². The number of aliphatic carboxylic acids is 2. The normalized spacial score (nSPS) is 11.5. The first-order valence-corrected chi connectivity index (χ1v) is 12.3. The number of nitrogens with zero attached hydrogens (tertiary/aromatic N) is 3. The van der Waals surface area contributed by atoms with Crippen LogP contribution in [0.4, 0.5) is 0 Å². The Morgan fingerprint density at radius 3 is 2.40 bits per heavy atom. The Morgan fingerprint density at radius 2 is 1.65 bits per heavy atom. The number of hydrogen-bond donors (Lipinski definition) is 2.